The number of halogens is 4. The molecule has 56 heavy (non-hydrogen) atoms. The molecule has 0 saturated heterocycles. The Morgan fingerprint density at radius 3 is 1.43 bits per heavy atom. The molecule has 8 rings (SSSR count). The smallest absolute Gasteiger partial charge is 1.00 e. The summed E-state index contributed by atoms with van der Waals surface area (Å²) in [7, 11) is 0. The Morgan fingerprint density at radius 2 is 1.05 bits per heavy atom. The van der Waals surface area contributed by atoms with Gasteiger partial charge in [0, 0.05) is 0 Å². The van der Waals surface area contributed by atoms with Gasteiger partial charge >= 0.3 is 341 Å². The fourth-order valence-electron chi connectivity index (χ4n) is 9.79. The quantitative estimate of drug-likeness (QED) is 0.193. The average Bonchev–Trinajstić information content (AvgIpc) is 3.67. The first kappa shape index (κ1) is 43.2. The van der Waals surface area contributed by atoms with E-state index in [0.717, 1.165) is 22.9 Å². The fraction of sp³-hybridized carbons (Fsp3) is 0.333. The van der Waals surface area contributed by atoms with Gasteiger partial charge in [0.25, 0.3) is 0 Å². The van der Waals surface area contributed by atoms with Crippen LogP contribution in [0.25, 0.3) is 22.3 Å². The summed E-state index contributed by atoms with van der Waals surface area (Å²) < 4.78 is 7.40. The van der Waals surface area contributed by atoms with E-state index in [1.165, 1.54) is 72.4 Å². The largest absolute Gasteiger partial charge is 1.00 e. The van der Waals surface area contributed by atoms with Crippen molar-refractivity contribution in [1.82, 2.24) is 0 Å². The molecule has 4 aromatic rings. The molecule has 5 heteroatoms. The summed E-state index contributed by atoms with van der Waals surface area (Å²) in [5, 5.41) is 1.54. The number of hydrogen-bond acceptors (Lipinski definition) is 0. The standard InChI is InChI=1S/C27H29.C10H15.2C7H5Cl.2ClH.Zr/c1-16-7-9-26(3,4)24-12-18-11-19-13-25-21(17(2)8-10-27(25,5)6)15-23(19)22(18)14-20(16)24;1-8-5-6-9(7-8)10(2,3)4;2*1-6-2-4-7(8)5-3-6;;;/h7-8,11-15H,9-10H2,1-6H3;6-8H,1-4H3;2*1-5H;2*1H;/q;;;;;;+2/p-2. The van der Waals surface area contributed by atoms with Crippen molar-refractivity contribution in [1.29, 1.82) is 0 Å². The third-order valence-electron chi connectivity index (χ3n) is 13.1. The Labute approximate surface area is 362 Å². The zero-order valence-electron chi connectivity index (χ0n) is 34.5. The zero-order chi connectivity index (χ0) is 38.5. The molecule has 0 bridgehead atoms. The van der Waals surface area contributed by atoms with Gasteiger partial charge in [0.05, 0.1) is 0 Å². The topological polar surface area (TPSA) is 0 Å². The fourth-order valence-corrected chi connectivity index (χ4v) is 23.2. The first-order valence-electron chi connectivity index (χ1n) is 19.8. The average molecular weight is 900 g/mol. The van der Waals surface area contributed by atoms with Crippen molar-refractivity contribution >= 4 is 41.8 Å². The molecule has 1 atom stereocenters. The van der Waals surface area contributed by atoms with E-state index >= 15 is 0 Å². The zero-order valence-corrected chi connectivity index (χ0v) is 40.0. The molecule has 0 fully saturated rings. The van der Waals surface area contributed by atoms with Gasteiger partial charge in [-0.05, 0) is 0 Å². The van der Waals surface area contributed by atoms with E-state index in [0.29, 0.717) is 5.92 Å². The summed E-state index contributed by atoms with van der Waals surface area (Å²) in [6.07, 6.45) is 12.2. The molecule has 0 heterocycles. The Kier molecular flexibility index (Phi) is 11.8. The minimum absolute atomic E-state index is 0. The molecule has 0 N–H and O–H groups in total. The van der Waals surface area contributed by atoms with Crippen LogP contribution in [0.2, 0.25) is 10.0 Å². The summed E-state index contributed by atoms with van der Waals surface area (Å²) in [6.45, 7) is 23.9. The van der Waals surface area contributed by atoms with Crippen LogP contribution in [-0.4, -0.2) is 7.42 Å². The molecule has 1 unspecified atom stereocenters. The minimum atomic E-state index is -4.11. The molecule has 290 valence electrons. The molecule has 4 aliphatic rings. The minimum Gasteiger partial charge on any atom is -1.00 e. The van der Waals surface area contributed by atoms with Gasteiger partial charge in [-0.15, -0.1) is 0 Å². The number of fused-ring (bicyclic) bond motifs is 5. The van der Waals surface area contributed by atoms with Gasteiger partial charge in [-0.2, -0.15) is 0 Å². The van der Waals surface area contributed by atoms with Crippen molar-refractivity contribution in [2.75, 3.05) is 0 Å². The predicted octanol–water partition coefficient (Wildman–Crippen LogP) is 8.60. The number of rotatable bonds is 4. The van der Waals surface area contributed by atoms with Crippen LogP contribution in [0.4, 0.5) is 0 Å². The van der Waals surface area contributed by atoms with Gasteiger partial charge in [-0.1, -0.05) is 0 Å². The second-order valence-corrected chi connectivity index (χ2v) is 28.7. The maximum absolute atomic E-state index is 6.57. The normalized spacial score (nSPS) is 18.5. The summed E-state index contributed by atoms with van der Waals surface area (Å²) in [4.78, 5) is 0. The van der Waals surface area contributed by atoms with E-state index < -0.39 is 19.3 Å². The van der Waals surface area contributed by atoms with E-state index in [1.54, 1.807) is 3.28 Å². The molecule has 0 saturated carbocycles. The van der Waals surface area contributed by atoms with Crippen LogP contribution in [0.15, 0.2) is 106 Å². The summed E-state index contributed by atoms with van der Waals surface area (Å²) in [6, 6.07) is 27.8. The molecular weight excluding hydrogens is 846 g/mol. The van der Waals surface area contributed by atoms with E-state index in [-0.39, 0.29) is 44.7 Å². The van der Waals surface area contributed by atoms with Crippen molar-refractivity contribution in [3.63, 3.8) is 0 Å². The van der Waals surface area contributed by atoms with Crippen LogP contribution in [0, 0.1) is 11.3 Å². The molecule has 0 spiro atoms. The van der Waals surface area contributed by atoms with Gasteiger partial charge in [-0.3, -0.25) is 0 Å². The molecule has 4 aromatic carbocycles. The monoisotopic (exact) mass is 896 g/mol. The van der Waals surface area contributed by atoms with Crippen molar-refractivity contribution in [3.05, 3.63) is 161 Å². The van der Waals surface area contributed by atoms with Crippen molar-refractivity contribution in [2.24, 2.45) is 11.3 Å². The Balaban J connectivity index is 0.00000266. The summed E-state index contributed by atoms with van der Waals surface area (Å²) in [5.41, 5.74) is 18.5. The molecule has 0 nitrogen and oxygen atoms in total. The Bertz CT molecular complexity index is 2340. The molecule has 0 radical (unpaired) electrons. The van der Waals surface area contributed by atoms with E-state index in [2.05, 4.69) is 174 Å². The van der Waals surface area contributed by atoms with Crippen LogP contribution in [0.5, 0.6) is 0 Å². The van der Waals surface area contributed by atoms with Crippen LogP contribution >= 0.6 is 23.2 Å². The first-order valence-corrected chi connectivity index (χ1v) is 26.0. The second kappa shape index (κ2) is 15.3. The van der Waals surface area contributed by atoms with E-state index in [9.17, 15) is 0 Å². The molecule has 0 amide bonds. The second-order valence-electron chi connectivity index (χ2n) is 18.9. The number of benzene rings is 4. The molecular formula is C51H54Cl4Zr. The molecule has 0 aromatic heterocycles. The van der Waals surface area contributed by atoms with Gasteiger partial charge < -0.3 is 24.8 Å². The van der Waals surface area contributed by atoms with E-state index in [1.807, 2.05) is 0 Å². The summed E-state index contributed by atoms with van der Waals surface area (Å²) in [5.74, 6) is 0.313. The van der Waals surface area contributed by atoms with Crippen LogP contribution in [0.3, 0.4) is 0 Å². The molecule has 0 aliphatic heterocycles. The first-order chi connectivity index (χ1) is 25.4. The maximum Gasteiger partial charge on any atom is -1.00 e. The number of hydrogen-bond donors (Lipinski definition) is 0. The SMILES string of the molecule is CC1=CCC(C)(C)c2cc3c(cc21)-c1cc2c(cc1[CH]3[Zr+2](=[CH]c1ccc(Cl)cc1)(=[CH]c1ccc(Cl)cc1)[C]1=CC(C(C)(C)C)=CC1C)C(C)(C)CC=C2C.[Cl-].[Cl-]. The predicted molar refractivity (Wildman–Crippen MR) is 234 cm³/mol. The van der Waals surface area contributed by atoms with Gasteiger partial charge in [-0.25, -0.2) is 0 Å². The summed E-state index contributed by atoms with van der Waals surface area (Å²) >= 11 is 9.04. The van der Waals surface area contributed by atoms with Gasteiger partial charge in [0.2, 0.25) is 0 Å². The van der Waals surface area contributed by atoms with Crippen molar-refractivity contribution < 1.29 is 44.1 Å². The van der Waals surface area contributed by atoms with Crippen molar-refractivity contribution in [2.45, 2.75) is 96.5 Å². The van der Waals surface area contributed by atoms with Gasteiger partial charge in [0.15, 0.2) is 0 Å². The Morgan fingerprint density at radius 1 is 0.643 bits per heavy atom. The molecule has 4 aliphatic carbocycles. The van der Waals surface area contributed by atoms with Crippen molar-refractivity contribution in [3.8, 4) is 11.1 Å². The number of allylic oxidation sites excluding steroid dienone is 8. The maximum atomic E-state index is 6.57. The van der Waals surface area contributed by atoms with Gasteiger partial charge in [0.1, 0.15) is 0 Å². The van der Waals surface area contributed by atoms with Crippen LogP contribution in [0.1, 0.15) is 130 Å². The third kappa shape index (κ3) is 7.41. The van der Waals surface area contributed by atoms with E-state index in [4.69, 9.17) is 23.2 Å². The van der Waals surface area contributed by atoms with Crippen LogP contribution in [-0.2, 0) is 30.1 Å². The van der Waals surface area contributed by atoms with Crippen LogP contribution < -0.4 is 24.8 Å². The Hall–Kier alpha value is -2.38. The third-order valence-corrected chi connectivity index (χ3v) is 25.4.